The van der Waals surface area contributed by atoms with Crippen LogP contribution in [0.25, 0.3) is 0 Å². The monoisotopic (exact) mass is 348 g/mol. The summed E-state index contributed by atoms with van der Waals surface area (Å²) in [5.74, 6) is -0.283. The summed E-state index contributed by atoms with van der Waals surface area (Å²) in [5, 5.41) is 8.79. The van der Waals surface area contributed by atoms with Gasteiger partial charge in [-0.05, 0) is 74.9 Å². The summed E-state index contributed by atoms with van der Waals surface area (Å²) in [6.07, 6.45) is 7.54. The van der Waals surface area contributed by atoms with E-state index in [4.69, 9.17) is 5.26 Å². The van der Waals surface area contributed by atoms with Gasteiger partial charge in [0.1, 0.15) is 5.82 Å². The molecular weight excluding hydrogens is 323 g/mol. The highest BCUT2D eigenvalue weighted by Gasteiger charge is 2.06. The SMILES string of the molecule is C=C(C)N(/C=C\C)c1cccc(CCCCc2ccc(C#N)cc2F)c1. The molecule has 0 spiro atoms. The molecule has 0 radical (unpaired) electrons. The summed E-state index contributed by atoms with van der Waals surface area (Å²) in [7, 11) is 0. The van der Waals surface area contributed by atoms with Crippen LogP contribution in [0.4, 0.5) is 10.1 Å². The minimum Gasteiger partial charge on any atom is -0.322 e. The molecule has 0 aliphatic rings. The average molecular weight is 348 g/mol. The molecule has 0 heterocycles. The highest BCUT2D eigenvalue weighted by atomic mass is 19.1. The van der Waals surface area contributed by atoms with E-state index < -0.39 is 0 Å². The lowest BCUT2D eigenvalue weighted by Crippen LogP contribution is -2.12. The van der Waals surface area contributed by atoms with Gasteiger partial charge in [-0.25, -0.2) is 4.39 Å². The Labute approximate surface area is 155 Å². The second-order valence-electron chi connectivity index (χ2n) is 6.38. The van der Waals surface area contributed by atoms with Crippen LogP contribution in [0.2, 0.25) is 0 Å². The molecule has 0 aromatic heterocycles. The van der Waals surface area contributed by atoms with Crippen LogP contribution in [0.15, 0.2) is 67.0 Å². The molecule has 0 aliphatic carbocycles. The normalized spacial score (nSPS) is 10.7. The van der Waals surface area contributed by atoms with E-state index in [0.717, 1.165) is 30.6 Å². The number of rotatable bonds is 8. The van der Waals surface area contributed by atoms with Crippen molar-refractivity contribution in [2.24, 2.45) is 0 Å². The summed E-state index contributed by atoms with van der Waals surface area (Å²) in [5.41, 5.74) is 4.38. The summed E-state index contributed by atoms with van der Waals surface area (Å²) >= 11 is 0. The van der Waals surface area contributed by atoms with E-state index in [2.05, 4.69) is 35.7 Å². The Hall–Kier alpha value is -2.86. The molecule has 0 unspecified atom stereocenters. The van der Waals surface area contributed by atoms with Crippen molar-refractivity contribution in [3.05, 3.63) is 89.5 Å². The topological polar surface area (TPSA) is 27.0 Å². The lowest BCUT2D eigenvalue weighted by molar-refractivity contribution is 0.599. The van der Waals surface area contributed by atoms with Gasteiger partial charge in [0.15, 0.2) is 0 Å². The van der Waals surface area contributed by atoms with E-state index in [9.17, 15) is 4.39 Å². The Kier molecular flexibility index (Phi) is 7.17. The molecule has 2 aromatic rings. The molecule has 2 nitrogen and oxygen atoms in total. The van der Waals surface area contributed by atoms with E-state index in [0.29, 0.717) is 17.5 Å². The van der Waals surface area contributed by atoms with Gasteiger partial charge in [0.2, 0.25) is 0 Å². The van der Waals surface area contributed by atoms with Crippen LogP contribution in [0.1, 0.15) is 43.4 Å². The molecule has 0 saturated heterocycles. The third-order valence-electron chi connectivity index (χ3n) is 4.24. The third-order valence-corrected chi connectivity index (χ3v) is 4.24. The number of nitrogens with zero attached hydrogens (tertiary/aromatic N) is 2. The zero-order chi connectivity index (χ0) is 18.9. The Bertz CT molecular complexity index is 830. The van der Waals surface area contributed by atoms with Crippen LogP contribution in [-0.2, 0) is 12.8 Å². The number of nitriles is 1. The van der Waals surface area contributed by atoms with Crippen molar-refractivity contribution < 1.29 is 4.39 Å². The van der Waals surface area contributed by atoms with Crippen LogP contribution < -0.4 is 4.90 Å². The summed E-state index contributed by atoms with van der Waals surface area (Å²) in [6.45, 7) is 8.00. The van der Waals surface area contributed by atoms with Gasteiger partial charge in [0.25, 0.3) is 0 Å². The number of allylic oxidation sites excluding steroid dienone is 2. The molecule has 3 heteroatoms. The van der Waals surface area contributed by atoms with Crippen molar-refractivity contribution in [3.63, 3.8) is 0 Å². The predicted octanol–water partition coefficient (Wildman–Crippen LogP) is 6.14. The zero-order valence-electron chi connectivity index (χ0n) is 15.5. The lowest BCUT2D eigenvalue weighted by atomic mass is 10.0. The van der Waals surface area contributed by atoms with E-state index in [1.165, 1.54) is 11.6 Å². The van der Waals surface area contributed by atoms with Crippen molar-refractivity contribution in [2.45, 2.75) is 39.5 Å². The van der Waals surface area contributed by atoms with Crippen LogP contribution in [0.3, 0.4) is 0 Å². The van der Waals surface area contributed by atoms with Gasteiger partial charge in [0, 0.05) is 17.6 Å². The molecular formula is C23H25FN2. The molecule has 2 rings (SSSR count). The number of benzene rings is 2. The highest BCUT2D eigenvalue weighted by molar-refractivity contribution is 5.55. The molecule has 0 N–H and O–H groups in total. The molecule has 0 amide bonds. The number of halogens is 1. The quantitative estimate of drug-likeness (QED) is 0.536. The summed E-state index contributed by atoms with van der Waals surface area (Å²) in [4.78, 5) is 2.07. The van der Waals surface area contributed by atoms with Gasteiger partial charge < -0.3 is 4.90 Å². The van der Waals surface area contributed by atoms with Gasteiger partial charge in [-0.3, -0.25) is 0 Å². The number of unbranched alkanes of at least 4 members (excludes halogenated alkanes) is 1. The number of hydrogen-bond acceptors (Lipinski definition) is 2. The maximum Gasteiger partial charge on any atom is 0.127 e. The molecule has 134 valence electrons. The van der Waals surface area contributed by atoms with Crippen molar-refractivity contribution >= 4 is 5.69 Å². The molecule has 0 aliphatic heterocycles. The van der Waals surface area contributed by atoms with E-state index in [1.807, 2.05) is 32.2 Å². The fourth-order valence-corrected chi connectivity index (χ4v) is 2.91. The lowest BCUT2D eigenvalue weighted by Gasteiger charge is -2.21. The first-order valence-corrected chi connectivity index (χ1v) is 8.90. The standard InChI is InChI=1S/C23H25FN2/c1-4-14-26(18(2)3)22-11-7-9-19(15-22)8-5-6-10-21-13-12-20(17-25)16-23(21)24/h4,7,9,11-16H,2,5-6,8,10H2,1,3H3/b14-4-. The minimum atomic E-state index is -0.283. The van der Waals surface area contributed by atoms with Gasteiger partial charge in [-0.1, -0.05) is 30.9 Å². The second-order valence-corrected chi connectivity index (χ2v) is 6.38. The summed E-state index contributed by atoms with van der Waals surface area (Å²) in [6, 6.07) is 15.1. The Morgan fingerprint density at radius 3 is 2.62 bits per heavy atom. The fraction of sp³-hybridized carbons (Fsp3) is 0.261. The highest BCUT2D eigenvalue weighted by Crippen LogP contribution is 2.22. The Morgan fingerprint density at radius 2 is 1.96 bits per heavy atom. The summed E-state index contributed by atoms with van der Waals surface area (Å²) < 4.78 is 13.9. The number of hydrogen-bond donors (Lipinski definition) is 0. The Balaban J connectivity index is 1.93. The van der Waals surface area contributed by atoms with Crippen molar-refractivity contribution in [3.8, 4) is 6.07 Å². The molecule has 0 saturated carbocycles. The third kappa shape index (κ3) is 5.32. The second kappa shape index (κ2) is 9.58. The van der Waals surface area contributed by atoms with Gasteiger partial charge in [-0.2, -0.15) is 5.26 Å². The van der Waals surface area contributed by atoms with Gasteiger partial charge >= 0.3 is 0 Å². The van der Waals surface area contributed by atoms with Crippen molar-refractivity contribution in [1.82, 2.24) is 0 Å². The molecule has 0 fully saturated rings. The van der Waals surface area contributed by atoms with Crippen LogP contribution >= 0.6 is 0 Å². The average Bonchev–Trinajstić information content (AvgIpc) is 2.64. The van der Waals surface area contributed by atoms with Crippen LogP contribution in [0.5, 0.6) is 0 Å². The largest absolute Gasteiger partial charge is 0.322 e. The van der Waals surface area contributed by atoms with Gasteiger partial charge in [0.05, 0.1) is 11.6 Å². The van der Waals surface area contributed by atoms with E-state index >= 15 is 0 Å². The van der Waals surface area contributed by atoms with Crippen LogP contribution in [-0.4, -0.2) is 0 Å². The minimum absolute atomic E-state index is 0.283. The maximum atomic E-state index is 13.9. The molecule has 2 aromatic carbocycles. The molecule has 26 heavy (non-hydrogen) atoms. The Morgan fingerprint density at radius 1 is 1.19 bits per heavy atom. The maximum absolute atomic E-state index is 13.9. The number of aryl methyl sites for hydroxylation is 2. The first kappa shape index (κ1) is 19.5. The zero-order valence-corrected chi connectivity index (χ0v) is 15.5. The first-order valence-electron chi connectivity index (χ1n) is 8.90. The van der Waals surface area contributed by atoms with E-state index in [1.54, 1.807) is 12.1 Å². The predicted molar refractivity (Wildman–Crippen MR) is 106 cm³/mol. The van der Waals surface area contributed by atoms with Gasteiger partial charge in [-0.15, -0.1) is 0 Å². The van der Waals surface area contributed by atoms with Crippen molar-refractivity contribution in [2.75, 3.05) is 4.90 Å². The van der Waals surface area contributed by atoms with Crippen LogP contribution in [0, 0.1) is 17.1 Å². The van der Waals surface area contributed by atoms with E-state index in [-0.39, 0.29) is 5.82 Å². The number of anilines is 1. The van der Waals surface area contributed by atoms with Crippen molar-refractivity contribution in [1.29, 1.82) is 5.26 Å². The smallest absolute Gasteiger partial charge is 0.127 e. The molecule has 0 atom stereocenters. The first-order chi connectivity index (χ1) is 12.5. The fourth-order valence-electron chi connectivity index (χ4n) is 2.91. The molecule has 0 bridgehead atoms.